The highest BCUT2D eigenvalue weighted by Crippen LogP contribution is 2.25. The summed E-state index contributed by atoms with van der Waals surface area (Å²) in [5, 5.41) is 0. The van der Waals surface area contributed by atoms with Crippen LogP contribution in [0.4, 0.5) is 0 Å². The van der Waals surface area contributed by atoms with E-state index in [1.165, 1.54) is 0 Å². The third kappa shape index (κ3) is 4.98. The van der Waals surface area contributed by atoms with Crippen LogP contribution in [0.5, 0.6) is 11.5 Å². The molecule has 2 aliphatic rings. The number of hydrogen-bond donors (Lipinski definition) is 0. The first-order valence-electron chi connectivity index (χ1n) is 8.56. The van der Waals surface area contributed by atoms with Crippen molar-refractivity contribution in [2.24, 2.45) is 0 Å². The van der Waals surface area contributed by atoms with Gasteiger partial charge in [0.15, 0.2) is 0 Å². The van der Waals surface area contributed by atoms with E-state index >= 15 is 0 Å². The normalized spacial score (nSPS) is 20.6. The minimum atomic E-state index is 0.285. The summed E-state index contributed by atoms with van der Waals surface area (Å²) >= 11 is 0. The second-order valence-corrected chi connectivity index (χ2v) is 5.58. The van der Waals surface area contributed by atoms with Crippen molar-refractivity contribution in [3.8, 4) is 22.6 Å². The van der Waals surface area contributed by atoms with Crippen molar-refractivity contribution < 1.29 is 18.9 Å². The van der Waals surface area contributed by atoms with Gasteiger partial charge in [-0.15, -0.1) is 0 Å². The minimum absolute atomic E-state index is 0.285. The maximum absolute atomic E-state index is 5.64. The second kappa shape index (κ2) is 8.18. The van der Waals surface area contributed by atoms with Crippen molar-refractivity contribution in [1.82, 2.24) is 0 Å². The monoisotopic (exact) mass is 328 g/mol. The Hall–Kier alpha value is -2.04. The summed E-state index contributed by atoms with van der Waals surface area (Å²) in [7, 11) is 0. The van der Waals surface area contributed by atoms with Gasteiger partial charge in [0, 0.05) is 0 Å². The van der Waals surface area contributed by atoms with Crippen molar-refractivity contribution in [2.75, 3.05) is 26.4 Å². The van der Waals surface area contributed by atoms with E-state index in [1.807, 2.05) is 38.1 Å². The Bertz CT molecular complexity index is 556. The van der Waals surface area contributed by atoms with Gasteiger partial charge in [-0.1, -0.05) is 38.1 Å². The predicted octanol–water partition coefficient (Wildman–Crippen LogP) is 3.94. The van der Waals surface area contributed by atoms with E-state index in [2.05, 4.69) is 24.3 Å². The van der Waals surface area contributed by atoms with E-state index in [0.717, 1.165) is 35.8 Å². The Balaban J connectivity index is 0.000000815. The molecule has 2 atom stereocenters. The molecule has 0 aliphatic carbocycles. The standard InChI is InChI=1S/C18H18O4.C2H6/c1-5-15(19-9-17-11-21-17)6-2-13(1)14-3-7-16(8-4-14)20-10-18-12-22-18;1-2/h1-8,17-18H,9-12H2;1-2H3. The van der Waals surface area contributed by atoms with Gasteiger partial charge in [0.2, 0.25) is 0 Å². The molecule has 2 saturated heterocycles. The lowest BCUT2D eigenvalue weighted by Gasteiger charge is -2.08. The van der Waals surface area contributed by atoms with Crippen molar-refractivity contribution >= 4 is 0 Å². The average Bonchev–Trinajstić information content (AvgIpc) is 3.56. The Morgan fingerprint density at radius 2 is 1.04 bits per heavy atom. The van der Waals surface area contributed by atoms with Crippen LogP contribution >= 0.6 is 0 Å². The lowest BCUT2D eigenvalue weighted by molar-refractivity contribution is 0.263. The first kappa shape index (κ1) is 16.8. The third-order valence-electron chi connectivity index (χ3n) is 3.72. The molecule has 0 amide bonds. The van der Waals surface area contributed by atoms with E-state index in [-0.39, 0.29) is 12.2 Å². The zero-order chi connectivity index (χ0) is 16.8. The molecule has 4 heteroatoms. The van der Waals surface area contributed by atoms with Crippen molar-refractivity contribution in [3.05, 3.63) is 48.5 Å². The van der Waals surface area contributed by atoms with Gasteiger partial charge in [0.05, 0.1) is 13.2 Å². The number of hydrogen-bond acceptors (Lipinski definition) is 4. The fourth-order valence-corrected chi connectivity index (χ4v) is 2.19. The van der Waals surface area contributed by atoms with E-state index in [0.29, 0.717) is 13.2 Å². The topological polar surface area (TPSA) is 43.5 Å². The molecule has 0 radical (unpaired) electrons. The molecule has 2 aromatic rings. The summed E-state index contributed by atoms with van der Waals surface area (Å²) in [5.41, 5.74) is 2.32. The summed E-state index contributed by atoms with van der Waals surface area (Å²) in [5.74, 6) is 1.76. The summed E-state index contributed by atoms with van der Waals surface area (Å²) in [4.78, 5) is 0. The van der Waals surface area contributed by atoms with Gasteiger partial charge < -0.3 is 18.9 Å². The number of ether oxygens (including phenoxy) is 4. The fourth-order valence-electron chi connectivity index (χ4n) is 2.19. The van der Waals surface area contributed by atoms with E-state index in [9.17, 15) is 0 Å². The van der Waals surface area contributed by atoms with E-state index in [4.69, 9.17) is 18.9 Å². The molecule has 2 unspecified atom stereocenters. The smallest absolute Gasteiger partial charge is 0.119 e. The fraction of sp³-hybridized carbons (Fsp3) is 0.400. The Labute approximate surface area is 143 Å². The molecular weight excluding hydrogens is 304 g/mol. The summed E-state index contributed by atoms with van der Waals surface area (Å²) < 4.78 is 21.5. The first-order chi connectivity index (χ1) is 11.9. The zero-order valence-corrected chi connectivity index (χ0v) is 14.2. The van der Waals surface area contributed by atoms with Gasteiger partial charge in [0.25, 0.3) is 0 Å². The molecule has 0 aromatic heterocycles. The molecule has 4 rings (SSSR count). The van der Waals surface area contributed by atoms with Crippen LogP contribution in [0.2, 0.25) is 0 Å². The molecule has 0 saturated carbocycles. The van der Waals surface area contributed by atoms with E-state index in [1.54, 1.807) is 0 Å². The number of benzene rings is 2. The summed E-state index contributed by atoms with van der Waals surface area (Å²) in [6.07, 6.45) is 0.571. The van der Waals surface area contributed by atoms with Crippen LogP contribution in [0.15, 0.2) is 48.5 Å². The molecule has 0 spiro atoms. The maximum atomic E-state index is 5.64. The zero-order valence-electron chi connectivity index (χ0n) is 14.2. The average molecular weight is 328 g/mol. The van der Waals surface area contributed by atoms with Crippen molar-refractivity contribution in [2.45, 2.75) is 26.1 Å². The van der Waals surface area contributed by atoms with E-state index < -0.39 is 0 Å². The quantitative estimate of drug-likeness (QED) is 0.722. The maximum Gasteiger partial charge on any atom is 0.119 e. The van der Waals surface area contributed by atoms with Crippen LogP contribution in [-0.4, -0.2) is 38.6 Å². The van der Waals surface area contributed by atoms with Gasteiger partial charge in [-0.25, -0.2) is 0 Å². The number of rotatable bonds is 7. The lowest BCUT2D eigenvalue weighted by atomic mass is 10.1. The molecule has 128 valence electrons. The molecule has 24 heavy (non-hydrogen) atoms. The molecule has 2 aliphatic heterocycles. The molecule has 0 bridgehead atoms. The largest absolute Gasteiger partial charge is 0.491 e. The Kier molecular flexibility index (Phi) is 5.72. The van der Waals surface area contributed by atoms with Crippen molar-refractivity contribution in [3.63, 3.8) is 0 Å². The molecular formula is C20H24O4. The molecule has 0 N–H and O–H groups in total. The Morgan fingerprint density at radius 3 is 1.33 bits per heavy atom. The Morgan fingerprint density at radius 1 is 0.708 bits per heavy atom. The van der Waals surface area contributed by atoms with Crippen LogP contribution in [0.3, 0.4) is 0 Å². The second-order valence-electron chi connectivity index (χ2n) is 5.58. The first-order valence-corrected chi connectivity index (χ1v) is 8.56. The molecule has 2 heterocycles. The molecule has 2 fully saturated rings. The van der Waals surface area contributed by atoms with Crippen LogP contribution in [0.1, 0.15) is 13.8 Å². The molecule has 4 nitrogen and oxygen atoms in total. The van der Waals surface area contributed by atoms with Gasteiger partial charge in [-0.05, 0) is 35.4 Å². The highest BCUT2D eigenvalue weighted by Gasteiger charge is 2.23. The van der Waals surface area contributed by atoms with Crippen LogP contribution in [0.25, 0.3) is 11.1 Å². The van der Waals surface area contributed by atoms with Gasteiger partial charge in [0.1, 0.15) is 36.9 Å². The minimum Gasteiger partial charge on any atom is -0.491 e. The van der Waals surface area contributed by atoms with Gasteiger partial charge in [-0.2, -0.15) is 0 Å². The SMILES string of the molecule is CC.c1cc(-c2ccc(OCC3CO3)cc2)ccc1OCC1CO1. The van der Waals surface area contributed by atoms with Crippen molar-refractivity contribution in [1.29, 1.82) is 0 Å². The number of epoxide rings is 2. The highest BCUT2D eigenvalue weighted by atomic mass is 16.6. The van der Waals surface area contributed by atoms with Gasteiger partial charge in [-0.3, -0.25) is 0 Å². The third-order valence-corrected chi connectivity index (χ3v) is 3.72. The van der Waals surface area contributed by atoms with Crippen LogP contribution < -0.4 is 9.47 Å². The lowest BCUT2D eigenvalue weighted by Crippen LogP contribution is -2.03. The summed E-state index contributed by atoms with van der Waals surface area (Å²) in [6, 6.07) is 16.2. The molecule has 2 aromatic carbocycles. The van der Waals surface area contributed by atoms with Gasteiger partial charge >= 0.3 is 0 Å². The van der Waals surface area contributed by atoms with Crippen LogP contribution in [-0.2, 0) is 9.47 Å². The van der Waals surface area contributed by atoms with Crippen LogP contribution in [0, 0.1) is 0 Å². The predicted molar refractivity (Wildman–Crippen MR) is 93.7 cm³/mol. The highest BCUT2D eigenvalue weighted by molar-refractivity contribution is 5.64. The summed E-state index contributed by atoms with van der Waals surface area (Å²) in [6.45, 7) is 6.91.